The van der Waals surface area contributed by atoms with E-state index >= 15 is 0 Å². The molecule has 35 heavy (non-hydrogen) atoms. The molecule has 2 aromatic carbocycles. The average molecular weight is 477 g/mol. The zero-order valence-corrected chi connectivity index (χ0v) is 20.3. The Kier molecular flexibility index (Phi) is 10.3. The Bertz CT molecular complexity index is 1160. The molecule has 0 fully saturated rings. The van der Waals surface area contributed by atoms with E-state index in [-0.39, 0.29) is 11.1 Å². The van der Waals surface area contributed by atoms with Gasteiger partial charge in [0.25, 0.3) is 0 Å². The minimum Gasteiger partial charge on any atom is -0.494 e. The van der Waals surface area contributed by atoms with E-state index in [9.17, 15) is 8.78 Å². The topological polar surface area (TPSA) is 41.8 Å². The number of ether oxygens (including phenoxy) is 1. The Morgan fingerprint density at radius 3 is 2.09 bits per heavy atom. The lowest BCUT2D eigenvalue weighted by Gasteiger charge is -2.06. The summed E-state index contributed by atoms with van der Waals surface area (Å²) in [5.74, 6) is 4.35. The van der Waals surface area contributed by atoms with Crippen molar-refractivity contribution in [2.24, 2.45) is 7.05 Å². The molecule has 0 radical (unpaired) electrons. The summed E-state index contributed by atoms with van der Waals surface area (Å²) >= 11 is 0. The number of rotatable bonds is 12. The van der Waals surface area contributed by atoms with Gasteiger partial charge in [-0.15, -0.1) is 0 Å². The molecule has 0 bridgehead atoms. The highest BCUT2D eigenvalue weighted by molar-refractivity contribution is 5.47. The van der Waals surface area contributed by atoms with Crippen molar-refractivity contribution in [1.29, 1.82) is 5.26 Å². The van der Waals surface area contributed by atoms with Crippen molar-refractivity contribution in [2.45, 2.75) is 57.9 Å². The van der Waals surface area contributed by atoms with Crippen LogP contribution in [0.3, 0.4) is 0 Å². The van der Waals surface area contributed by atoms with Crippen LogP contribution in [0, 0.1) is 34.8 Å². The molecule has 0 saturated carbocycles. The molecular weight excluding hydrogens is 444 g/mol. The fourth-order valence-electron chi connectivity index (χ4n) is 3.81. The standard InChI is InChI=1S/C29H32F2N3O/c1-33-17-18-34(23-33)16-8-6-4-2-3-5-7-9-19-35-26-13-10-24(11-14-26)12-15-27-28(30)20-25(22-32)21-29(27)31/h10-11,13-14,17-18,20-21,23H,2-9,16,19H2,1H3/q+1. The first-order valence-corrected chi connectivity index (χ1v) is 12.2. The lowest BCUT2D eigenvalue weighted by molar-refractivity contribution is -0.671. The van der Waals surface area contributed by atoms with E-state index in [0.717, 1.165) is 37.3 Å². The van der Waals surface area contributed by atoms with Crippen molar-refractivity contribution < 1.29 is 18.1 Å². The zero-order valence-electron chi connectivity index (χ0n) is 20.3. The second kappa shape index (κ2) is 13.9. The number of aryl methyl sites for hydroxylation is 2. The van der Waals surface area contributed by atoms with Crippen LogP contribution in [-0.2, 0) is 13.6 Å². The van der Waals surface area contributed by atoms with Gasteiger partial charge in [-0.05, 0) is 55.7 Å². The molecule has 0 aliphatic rings. The molecule has 0 N–H and O–H groups in total. The van der Waals surface area contributed by atoms with Crippen LogP contribution in [0.4, 0.5) is 8.78 Å². The number of halogens is 2. The van der Waals surface area contributed by atoms with E-state index in [1.165, 1.54) is 38.5 Å². The SMILES string of the molecule is C[n+]1ccn(CCCCCCCCCCOc2ccc(C#Cc3c(F)cc(C#N)cc3F)cc2)c1. The smallest absolute Gasteiger partial charge is 0.243 e. The van der Waals surface area contributed by atoms with Gasteiger partial charge in [0, 0.05) is 5.56 Å². The molecule has 0 aliphatic carbocycles. The Balaban J connectivity index is 1.26. The number of imidazole rings is 1. The van der Waals surface area contributed by atoms with Gasteiger partial charge < -0.3 is 4.74 Å². The minimum absolute atomic E-state index is 0.0687. The average Bonchev–Trinajstić information content (AvgIpc) is 3.27. The third-order valence-electron chi connectivity index (χ3n) is 5.76. The lowest BCUT2D eigenvalue weighted by Crippen LogP contribution is -2.23. The summed E-state index contributed by atoms with van der Waals surface area (Å²) < 4.78 is 38.0. The van der Waals surface area contributed by atoms with Crippen LogP contribution < -0.4 is 9.30 Å². The second-order valence-corrected chi connectivity index (χ2v) is 8.69. The van der Waals surface area contributed by atoms with Gasteiger partial charge in [0.2, 0.25) is 6.33 Å². The fourth-order valence-corrected chi connectivity index (χ4v) is 3.81. The molecule has 1 heterocycles. The Labute approximate surface area is 206 Å². The summed E-state index contributed by atoms with van der Waals surface area (Å²) in [7, 11) is 2.04. The number of hydrogen-bond donors (Lipinski definition) is 0. The summed E-state index contributed by atoms with van der Waals surface area (Å²) in [6, 6.07) is 10.8. The van der Waals surface area contributed by atoms with Crippen molar-refractivity contribution >= 4 is 0 Å². The number of nitrogens with zero attached hydrogens (tertiary/aromatic N) is 3. The van der Waals surface area contributed by atoms with Gasteiger partial charge in [0.15, 0.2) is 0 Å². The van der Waals surface area contributed by atoms with Crippen molar-refractivity contribution in [3.05, 3.63) is 83.4 Å². The number of aromatic nitrogens is 2. The summed E-state index contributed by atoms with van der Waals surface area (Å²) in [5, 5.41) is 8.76. The van der Waals surface area contributed by atoms with Crippen molar-refractivity contribution in [1.82, 2.24) is 4.57 Å². The molecule has 0 saturated heterocycles. The van der Waals surface area contributed by atoms with Gasteiger partial charge in [-0.25, -0.2) is 17.9 Å². The monoisotopic (exact) mass is 476 g/mol. The van der Waals surface area contributed by atoms with Crippen LogP contribution in [-0.4, -0.2) is 11.2 Å². The molecule has 0 spiro atoms. The van der Waals surface area contributed by atoms with E-state index in [1.807, 2.05) is 19.2 Å². The molecule has 4 nitrogen and oxygen atoms in total. The van der Waals surface area contributed by atoms with Gasteiger partial charge in [-0.2, -0.15) is 5.26 Å². The molecule has 3 aromatic rings. The first-order chi connectivity index (χ1) is 17.0. The Morgan fingerprint density at radius 2 is 1.49 bits per heavy atom. The summed E-state index contributed by atoms with van der Waals surface area (Å²) in [6.45, 7) is 1.76. The molecule has 0 amide bonds. The maximum absolute atomic E-state index is 13.9. The molecule has 0 atom stereocenters. The molecule has 1 aromatic heterocycles. The number of nitriles is 1. The lowest BCUT2D eigenvalue weighted by atomic mass is 10.1. The van der Waals surface area contributed by atoms with Crippen molar-refractivity contribution in [2.75, 3.05) is 6.61 Å². The van der Waals surface area contributed by atoms with E-state index in [2.05, 4.69) is 39.7 Å². The molecular formula is C29H32F2N3O+. The van der Waals surface area contributed by atoms with E-state index in [1.54, 1.807) is 18.2 Å². The molecule has 182 valence electrons. The minimum atomic E-state index is -0.837. The predicted molar refractivity (Wildman–Crippen MR) is 132 cm³/mol. The number of unbranched alkanes of at least 4 members (excludes halogenated alkanes) is 7. The first-order valence-electron chi connectivity index (χ1n) is 12.2. The van der Waals surface area contributed by atoms with Crippen LogP contribution in [0.15, 0.2) is 55.1 Å². The largest absolute Gasteiger partial charge is 0.494 e. The number of benzene rings is 2. The van der Waals surface area contributed by atoms with E-state index < -0.39 is 11.6 Å². The zero-order chi connectivity index (χ0) is 24.9. The fraction of sp³-hybridized carbons (Fsp3) is 0.379. The third-order valence-corrected chi connectivity index (χ3v) is 5.76. The van der Waals surface area contributed by atoms with Gasteiger partial charge in [0.05, 0.1) is 37.4 Å². The molecule has 6 heteroatoms. The summed E-state index contributed by atoms with van der Waals surface area (Å²) in [4.78, 5) is 0. The Hall–Kier alpha value is -3.64. The van der Waals surface area contributed by atoms with E-state index in [4.69, 9.17) is 10.00 Å². The van der Waals surface area contributed by atoms with Gasteiger partial charge in [0.1, 0.15) is 29.8 Å². The van der Waals surface area contributed by atoms with Gasteiger partial charge >= 0.3 is 0 Å². The summed E-state index contributed by atoms with van der Waals surface area (Å²) in [6.07, 6.45) is 16.1. The van der Waals surface area contributed by atoms with Crippen LogP contribution in [0.2, 0.25) is 0 Å². The van der Waals surface area contributed by atoms with E-state index in [0.29, 0.717) is 12.2 Å². The Morgan fingerprint density at radius 1 is 0.857 bits per heavy atom. The molecule has 0 unspecified atom stereocenters. The molecule has 0 aliphatic heterocycles. The quantitative estimate of drug-likeness (QED) is 0.181. The van der Waals surface area contributed by atoms with Crippen molar-refractivity contribution in [3.63, 3.8) is 0 Å². The molecule has 3 rings (SSSR count). The first kappa shape index (κ1) is 26.0. The van der Waals surface area contributed by atoms with Crippen molar-refractivity contribution in [3.8, 4) is 23.7 Å². The van der Waals surface area contributed by atoms with Crippen LogP contribution >= 0.6 is 0 Å². The maximum atomic E-state index is 13.9. The highest BCUT2D eigenvalue weighted by Crippen LogP contribution is 2.16. The maximum Gasteiger partial charge on any atom is 0.243 e. The number of hydrogen-bond acceptors (Lipinski definition) is 2. The highest BCUT2D eigenvalue weighted by Gasteiger charge is 2.09. The van der Waals surface area contributed by atoms with Crippen LogP contribution in [0.5, 0.6) is 5.75 Å². The van der Waals surface area contributed by atoms with Gasteiger partial charge in [-0.1, -0.05) is 43.9 Å². The van der Waals surface area contributed by atoms with Gasteiger partial charge in [-0.3, -0.25) is 0 Å². The highest BCUT2D eigenvalue weighted by atomic mass is 19.1. The van der Waals surface area contributed by atoms with Crippen LogP contribution in [0.25, 0.3) is 0 Å². The summed E-state index contributed by atoms with van der Waals surface area (Å²) in [5.41, 5.74) is 0.222. The second-order valence-electron chi connectivity index (χ2n) is 8.69. The normalized spacial score (nSPS) is 10.5. The predicted octanol–water partition coefficient (Wildman–Crippen LogP) is 6.06. The van der Waals surface area contributed by atoms with Crippen LogP contribution in [0.1, 0.15) is 68.1 Å². The third kappa shape index (κ3) is 8.91.